The highest BCUT2D eigenvalue weighted by molar-refractivity contribution is 5.87. The fraction of sp³-hybridized carbons (Fsp3) is 0.300. The summed E-state index contributed by atoms with van der Waals surface area (Å²) in [5.41, 5.74) is 3.45. The Morgan fingerprint density at radius 1 is 1.47 bits per heavy atom. The van der Waals surface area contributed by atoms with Crippen LogP contribution in [-0.2, 0) is 0 Å². The van der Waals surface area contributed by atoms with E-state index in [1.54, 1.807) is 0 Å². The second-order valence-electron chi connectivity index (χ2n) is 3.73. The molecule has 2 aromatic rings. The molecule has 0 unspecified atom stereocenters. The van der Waals surface area contributed by atoms with E-state index in [4.69, 9.17) is 4.42 Å². The normalized spacial score (nSPS) is 15.1. The number of oxazole rings is 1. The highest BCUT2D eigenvalue weighted by Crippen LogP contribution is 2.31. The second-order valence-corrected chi connectivity index (χ2v) is 3.73. The Hall–Kier alpha value is -1.91. The molecule has 0 atom stereocenters. The lowest BCUT2D eigenvalue weighted by Gasteiger charge is -2.28. The molecule has 15 heavy (non-hydrogen) atoms. The number of hydrogen-bond donors (Lipinski definition) is 2. The maximum absolute atomic E-state index is 11.0. The third-order valence-corrected chi connectivity index (χ3v) is 2.71. The first kappa shape index (κ1) is 8.40. The summed E-state index contributed by atoms with van der Waals surface area (Å²) in [6, 6.07) is 3.79. The number of nitrogens with one attached hydrogen (secondary N) is 2. The maximum atomic E-state index is 11.0. The third kappa shape index (κ3) is 1.20. The van der Waals surface area contributed by atoms with Gasteiger partial charge in [-0.2, -0.15) is 0 Å². The third-order valence-electron chi connectivity index (χ3n) is 2.71. The number of fused-ring (bicyclic) bond motifs is 2. The maximum Gasteiger partial charge on any atom is 0.417 e. The van der Waals surface area contributed by atoms with Gasteiger partial charge in [0, 0.05) is 26.2 Å². The first-order valence-corrected chi connectivity index (χ1v) is 4.86. The van der Waals surface area contributed by atoms with Crippen molar-refractivity contribution in [3.63, 3.8) is 0 Å². The molecule has 1 aliphatic rings. The van der Waals surface area contributed by atoms with E-state index in [9.17, 15) is 4.79 Å². The molecule has 78 valence electrons. The highest BCUT2D eigenvalue weighted by Gasteiger charge is 2.15. The van der Waals surface area contributed by atoms with E-state index in [1.807, 2.05) is 19.2 Å². The molecule has 1 aromatic carbocycles. The molecule has 0 spiro atoms. The van der Waals surface area contributed by atoms with Crippen molar-refractivity contribution in [2.24, 2.45) is 0 Å². The van der Waals surface area contributed by atoms with Gasteiger partial charge in [-0.05, 0) is 6.07 Å². The lowest BCUT2D eigenvalue weighted by molar-refractivity contribution is 0.555. The molecule has 5 heteroatoms. The summed E-state index contributed by atoms with van der Waals surface area (Å²) < 4.78 is 5.00. The van der Waals surface area contributed by atoms with Gasteiger partial charge in [0.1, 0.15) is 0 Å². The number of nitrogens with zero attached hydrogens (tertiary/aromatic N) is 1. The monoisotopic (exact) mass is 205 g/mol. The van der Waals surface area contributed by atoms with E-state index in [1.165, 1.54) is 0 Å². The molecule has 0 amide bonds. The summed E-state index contributed by atoms with van der Waals surface area (Å²) in [6.45, 7) is 1.87. The Morgan fingerprint density at radius 3 is 3.20 bits per heavy atom. The zero-order chi connectivity index (χ0) is 10.4. The van der Waals surface area contributed by atoms with E-state index in [2.05, 4.69) is 15.2 Å². The molecular formula is C10H11N3O2. The Morgan fingerprint density at radius 2 is 2.33 bits per heavy atom. The smallest absolute Gasteiger partial charge is 0.408 e. The molecule has 5 nitrogen and oxygen atoms in total. The molecule has 1 aliphatic heterocycles. The molecule has 0 radical (unpaired) electrons. The van der Waals surface area contributed by atoms with Gasteiger partial charge in [0.05, 0.1) is 16.9 Å². The fourth-order valence-electron chi connectivity index (χ4n) is 1.92. The van der Waals surface area contributed by atoms with Crippen LogP contribution in [0.5, 0.6) is 0 Å². The Kier molecular flexibility index (Phi) is 1.56. The second kappa shape index (κ2) is 2.79. The van der Waals surface area contributed by atoms with E-state index in [0.29, 0.717) is 5.58 Å². The molecule has 2 heterocycles. The predicted molar refractivity (Wildman–Crippen MR) is 58.6 cm³/mol. The minimum atomic E-state index is -0.407. The van der Waals surface area contributed by atoms with Crippen molar-refractivity contribution in [3.8, 4) is 0 Å². The lowest BCUT2D eigenvalue weighted by Crippen LogP contribution is -2.30. The molecule has 2 N–H and O–H groups in total. The highest BCUT2D eigenvalue weighted by atomic mass is 16.4. The minimum absolute atomic E-state index is 0.407. The van der Waals surface area contributed by atoms with Crippen LogP contribution in [0.4, 0.5) is 11.4 Å². The minimum Gasteiger partial charge on any atom is -0.408 e. The summed E-state index contributed by atoms with van der Waals surface area (Å²) in [5, 5.41) is 3.28. The van der Waals surface area contributed by atoms with Crippen LogP contribution in [-0.4, -0.2) is 25.1 Å². The molecule has 3 rings (SSSR count). The molecule has 0 aliphatic carbocycles. The summed E-state index contributed by atoms with van der Waals surface area (Å²) in [4.78, 5) is 15.8. The van der Waals surface area contributed by atoms with Crippen molar-refractivity contribution < 1.29 is 4.42 Å². The first-order chi connectivity index (χ1) is 7.24. The van der Waals surface area contributed by atoms with E-state index < -0.39 is 5.76 Å². The Bertz CT molecular complexity index is 570. The van der Waals surface area contributed by atoms with Gasteiger partial charge in [-0.1, -0.05) is 0 Å². The van der Waals surface area contributed by atoms with Crippen LogP contribution in [0, 0.1) is 0 Å². The molecule has 0 bridgehead atoms. The number of hydrogen-bond acceptors (Lipinski definition) is 4. The zero-order valence-corrected chi connectivity index (χ0v) is 8.33. The van der Waals surface area contributed by atoms with Crippen LogP contribution >= 0.6 is 0 Å². The summed E-state index contributed by atoms with van der Waals surface area (Å²) in [7, 11) is 2.03. The summed E-state index contributed by atoms with van der Waals surface area (Å²) in [6.07, 6.45) is 0. The number of benzene rings is 1. The number of aromatic amines is 1. The number of likely N-dealkylation sites (N-methyl/N-ethyl adjacent to an activating group) is 1. The van der Waals surface area contributed by atoms with Crippen LogP contribution in [0.1, 0.15) is 0 Å². The van der Waals surface area contributed by atoms with Gasteiger partial charge in [-0.25, -0.2) is 4.79 Å². The fourth-order valence-corrected chi connectivity index (χ4v) is 1.92. The van der Waals surface area contributed by atoms with Gasteiger partial charge >= 0.3 is 5.76 Å². The topological polar surface area (TPSA) is 61.3 Å². The van der Waals surface area contributed by atoms with Gasteiger partial charge in [0.25, 0.3) is 0 Å². The van der Waals surface area contributed by atoms with Crippen LogP contribution in [0.2, 0.25) is 0 Å². The zero-order valence-electron chi connectivity index (χ0n) is 8.33. The molecule has 0 fully saturated rings. The number of rotatable bonds is 0. The van der Waals surface area contributed by atoms with E-state index in [0.717, 1.165) is 30.0 Å². The molecule has 0 saturated heterocycles. The van der Waals surface area contributed by atoms with Crippen molar-refractivity contribution in [1.82, 2.24) is 4.98 Å². The SMILES string of the molecule is CN1CCNc2cc3oc(=O)[nH]c3cc21. The van der Waals surface area contributed by atoms with E-state index in [-0.39, 0.29) is 0 Å². The van der Waals surface area contributed by atoms with Gasteiger partial charge in [0.2, 0.25) is 0 Å². The average molecular weight is 205 g/mol. The van der Waals surface area contributed by atoms with Gasteiger partial charge in [-0.15, -0.1) is 0 Å². The van der Waals surface area contributed by atoms with Crippen LogP contribution in [0.3, 0.4) is 0 Å². The van der Waals surface area contributed by atoms with Crippen LogP contribution in [0.25, 0.3) is 11.1 Å². The van der Waals surface area contributed by atoms with Gasteiger partial charge in [0.15, 0.2) is 5.58 Å². The number of H-pyrrole nitrogens is 1. The standard InChI is InChI=1S/C10H11N3O2/c1-13-3-2-11-6-5-9-7(4-8(6)13)12-10(14)15-9/h4-5,11H,2-3H2,1H3,(H,12,14). The number of aromatic nitrogens is 1. The van der Waals surface area contributed by atoms with Crippen molar-refractivity contribution >= 4 is 22.5 Å². The quantitative estimate of drug-likeness (QED) is 0.673. The molecule has 1 aromatic heterocycles. The van der Waals surface area contributed by atoms with E-state index >= 15 is 0 Å². The van der Waals surface area contributed by atoms with Crippen molar-refractivity contribution in [3.05, 3.63) is 22.7 Å². The predicted octanol–water partition coefficient (Wildman–Crippen LogP) is 0.983. The largest absolute Gasteiger partial charge is 0.417 e. The average Bonchev–Trinajstić information content (AvgIpc) is 2.55. The van der Waals surface area contributed by atoms with Crippen molar-refractivity contribution in [1.29, 1.82) is 0 Å². The first-order valence-electron chi connectivity index (χ1n) is 4.86. The van der Waals surface area contributed by atoms with Crippen LogP contribution < -0.4 is 16.0 Å². The Labute approximate surface area is 85.7 Å². The van der Waals surface area contributed by atoms with Crippen molar-refractivity contribution in [2.75, 3.05) is 30.4 Å². The summed E-state index contributed by atoms with van der Waals surface area (Å²) in [5.74, 6) is -0.407. The number of anilines is 2. The van der Waals surface area contributed by atoms with Crippen molar-refractivity contribution in [2.45, 2.75) is 0 Å². The van der Waals surface area contributed by atoms with Gasteiger partial charge < -0.3 is 14.6 Å². The Balaban J connectivity index is 2.31. The molecular weight excluding hydrogens is 194 g/mol. The van der Waals surface area contributed by atoms with Gasteiger partial charge in [-0.3, -0.25) is 4.98 Å². The van der Waals surface area contributed by atoms with Crippen LogP contribution in [0.15, 0.2) is 21.3 Å². The summed E-state index contributed by atoms with van der Waals surface area (Å²) >= 11 is 0. The lowest BCUT2D eigenvalue weighted by atomic mass is 10.2. The molecule has 0 saturated carbocycles.